The molecule has 0 bridgehead atoms. The number of aromatic nitrogens is 2. The number of hydrogen-bond acceptors (Lipinski definition) is 0. The Morgan fingerprint density at radius 3 is 1.25 bits per heavy atom. The minimum Gasteiger partial charge on any atom is -0.199 e. The van der Waals surface area contributed by atoms with Crippen molar-refractivity contribution in [1.29, 1.82) is 0 Å². The fourth-order valence-electron chi connectivity index (χ4n) is 5.17. The van der Waals surface area contributed by atoms with Gasteiger partial charge in [-0.2, -0.15) is 17.6 Å². The van der Waals surface area contributed by atoms with Crippen LogP contribution in [-0.4, -0.2) is 0 Å². The number of halogens is 2. The predicted octanol–water partition coefficient (Wildman–Crippen LogP) is 6.06. The van der Waals surface area contributed by atoms with E-state index in [4.69, 9.17) is 0 Å². The molecule has 7 aromatic rings. The Kier molecular flexibility index (Phi) is 3.37. The lowest BCUT2D eigenvalue weighted by Crippen LogP contribution is -2.28. The lowest BCUT2D eigenvalue weighted by Gasteiger charge is -2.10. The van der Waals surface area contributed by atoms with E-state index < -0.39 is 11.6 Å². The highest BCUT2D eigenvalue weighted by molar-refractivity contribution is 6.17. The predicted molar refractivity (Wildman–Crippen MR) is 123 cm³/mol. The van der Waals surface area contributed by atoms with E-state index in [1.54, 1.807) is 21.2 Å². The molecule has 4 heterocycles. The summed E-state index contributed by atoms with van der Waals surface area (Å²) in [4.78, 5) is 0. The Morgan fingerprint density at radius 1 is 0.438 bits per heavy atom. The van der Waals surface area contributed by atoms with E-state index in [1.165, 1.54) is 0 Å². The van der Waals surface area contributed by atoms with Crippen molar-refractivity contribution in [3.8, 4) is 0 Å². The standard InChI is InChI=1S/C28H16F2N2/c29-25-23-19-11-3-1-9-17(19)21-13-5-7-15-31(21)27(23)26(30)24-20-12-4-2-10-18(20)22-14-6-8-16-32(22)28(24)25/h1-16H/q+2. The zero-order chi connectivity index (χ0) is 21.4. The molecule has 0 saturated heterocycles. The van der Waals surface area contributed by atoms with Gasteiger partial charge in [0, 0.05) is 35.0 Å². The second kappa shape index (κ2) is 6.17. The summed E-state index contributed by atoms with van der Waals surface area (Å²) in [6.45, 7) is 0. The number of fused-ring (bicyclic) bond motifs is 12. The summed E-state index contributed by atoms with van der Waals surface area (Å²) in [5.74, 6) is -0.837. The van der Waals surface area contributed by atoms with Gasteiger partial charge >= 0.3 is 0 Å². The van der Waals surface area contributed by atoms with Crippen LogP contribution in [-0.2, 0) is 0 Å². The molecule has 4 aromatic heterocycles. The van der Waals surface area contributed by atoms with E-state index in [-0.39, 0.29) is 11.0 Å². The van der Waals surface area contributed by atoms with Crippen LogP contribution in [0.3, 0.4) is 0 Å². The molecule has 7 rings (SSSR count). The minimum absolute atomic E-state index is 0.255. The van der Waals surface area contributed by atoms with Crippen molar-refractivity contribution in [2.45, 2.75) is 0 Å². The molecule has 0 unspecified atom stereocenters. The molecule has 0 atom stereocenters. The Morgan fingerprint density at radius 2 is 0.812 bits per heavy atom. The first-order valence-corrected chi connectivity index (χ1v) is 10.5. The lowest BCUT2D eigenvalue weighted by molar-refractivity contribution is -0.484. The normalized spacial score (nSPS) is 12.1. The van der Waals surface area contributed by atoms with Crippen LogP contribution in [0.25, 0.3) is 54.4 Å². The highest BCUT2D eigenvalue weighted by Gasteiger charge is 2.31. The summed E-state index contributed by atoms with van der Waals surface area (Å²) in [6.07, 6.45) is 3.60. The first-order valence-electron chi connectivity index (χ1n) is 10.5. The average molecular weight is 418 g/mol. The van der Waals surface area contributed by atoms with Crippen LogP contribution in [0.2, 0.25) is 0 Å². The van der Waals surface area contributed by atoms with Crippen LogP contribution in [0.4, 0.5) is 8.78 Å². The van der Waals surface area contributed by atoms with E-state index in [0.29, 0.717) is 21.5 Å². The largest absolute Gasteiger partial charge is 0.259 e. The fourth-order valence-corrected chi connectivity index (χ4v) is 5.17. The van der Waals surface area contributed by atoms with Gasteiger partial charge in [0.2, 0.25) is 22.7 Å². The SMILES string of the molecule is Fc1c2c3ccccc3c3cccc[n+]3c2c(F)c2c3ccccc3c3cccc[n+]3c12. The quantitative estimate of drug-likeness (QED) is 0.161. The molecule has 3 aromatic carbocycles. The summed E-state index contributed by atoms with van der Waals surface area (Å²) in [7, 11) is 0. The van der Waals surface area contributed by atoms with Crippen molar-refractivity contribution in [3.63, 3.8) is 0 Å². The van der Waals surface area contributed by atoms with Crippen molar-refractivity contribution in [1.82, 2.24) is 0 Å². The van der Waals surface area contributed by atoms with Crippen molar-refractivity contribution >= 4 is 54.4 Å². The van der Waals surface area contributed by atoms with Crippen LogP contribution in [0.5, 0.6) is 0 Å². The van der Waals surface area contributed by atoms with E-state index in [9.17, 15) is 0 Å². The zero-order valence-corrected chi connectivity index (χ0v) is 16.9. The first-order chi connectivity index (χ1) is 15.8. The lowest BCUT2D eigenvalue weighted by atomic mass is 9.97. The second-order valence-electron chi connectivity index (χ2n) is 8.08. The third-order valence-electron chi connectivity index (χ3n) is 6.47. The van der Waals surface area contributed by atoms with Crippen LogP contribution in [0, 0.1) is 11.6 Å². The molecule has 0 radical (unpaired) electrons. The molecule has 0 saturated carbocycles. The smallest absolute Gasteiger partial charge is 0.199 e. The zero-order valence-electron chi connectivity index (χ0n) is 16.9. The van der Waals surface area contributed by atoms with E-state index >= 15 is 8.78 Å². The Balaban J connectivity index is 1.94. The van der Waals surface area contributed by atoms with Gasteiger partial charge in [-0.1, -0.05) is 36.4 Å². The van der Waals surface area contributed by atoms with Gasteiger partial charge in [0.15, 0.2) is 12.4 Å². The summed E-state index contributed by atoms with van der Waals surface area (Å²) in [6, 6.07) is 26.6. The van der Waals surface area contributed by atoms with Crippen molar-refractivity contribution in [2.75, 3.05) is 0 Å². The van der Waals surface area contributed by atoms with Crippen molar-refractivity contribution in [3.05, 3.63) is 109 Å². The van der Waals surface area contributed by atoms with Gasteiger partial charge < -0.3 is 0 Å². The topological polar surface area (TPSA) is 8.20 Å². The number of rotatable bonds is 0. The maximum atomic E-state index is 16.6. The first kappa shape index (κ1) is 17.5. The Bertz CT molecular complexity index is 1630. The van der Waals surface area contributed by atoms with Crippen LogP contribution in [0.1, 0.15) is 0 Å². The molecule has 0 fully saturated rings. The highest BCUT2D eigenvalue weighted by atomic mass is 19.1. The molecule has 0 spiro atoms. The Hall–Kier alpha value is -4.18. The molecule has 4 heteroatoms. The summed E-state index contributed by atoms with van der Waals surface area (Å²) in [5, 5.41) is 3.75. The third-order valence-corrected chi connectivity index (χ3v) is 6.47. The number of nitrogens with zero attached hydrogens (tertiary/aromatic N) is 2. The molecular weight excluding hydrogens is 402 g/mol. The molecular formula is C28H16F2N2+2. The third kappa shape index (κ3) is 2.06. The van der Waals surface area contributed by atoms with Gasteiger partial charge in [-0.3, -0.25) is 0 Å². The van der Waals surface area contributed by atoms with Gasteiger partial charge in [-0.15, -0.1) is 0 Å². The minimum atomic E-state index is -0.419. The van der Waals surface area contributed by atoms with Gasteiger partial charge in [0.25, 0.3) is 11.0 Å². The van der Waals surface area contributed by atoms with Crippen LogP contribution >= 0.6 is 0 Å². The van der Waals surface area contributed by atoms with Gasteiger partial charge in [0.1, 0.15) is 10.8 Å². The van der Waals surface area contributed by atoms with E-state index in [0.717, 1.165) is 21.8 Å². The maximum absolute atomic E-state index is 16.6. The van der Waals surface area contributed by atoms with Crippen molar-refractivity contribution < 1.29 is 17.6 Å². The number of benzene rings is 3. The van der Waals surface area contributed by atoms with E-state index in [1.807, 2.05) is 84.9 Å². The van der Waals surface area contributed by atoms with Crippen LogP contribution in [0.15, 0.2) is 97.3 Å². The number of pyridine rings is 4. The van der Waals surface area contributed by atoms with Gasteiger partial charge in [0.05, 0.1) is 10.8 Å². The maximum Gasteiger partial charge on any atom is 0.259 e. The molecule has 32 heavy (non-hydrogen) atoms. The van der Waals surface area contributed by atoms with E-state index in [2.05, 4.69) is 0 Å². The molecule has 0 N–H and O–H groups in total. The fraction of sp³-hybridized carbons (Fsp3) is 0. The molecule has 0 aliphatic heterocycles. The molecule has 150 valence electrons. The highest BCUT2D eigenvalue weighted by Crippen LogP contribution is 2.37. The monoisotopic (exact) mass is 418 g/mol. The summed E-state index contributed by atoms with van der Waals surface area (Å²) in [5.41, 5.74) is 2.19. The Labute approximate surface area is 181 Å². The van der Waals surface area contributed by atoms with Crippen molar-refractivity contribution in [2.24, 2.45) is 0 Å². The van der Waals surface area contributed by atoms with Crippen LogP contribution < -0.4 is 8.80 Å². The molecule has 0 aliphatic carbocycles. The summed E-state index contributed by atoms with van der Waals surface area (Å²) >= 11 is 0. The average Bonchev–Trinajstić information content (AvgIpc) is 2.86. The van der Waals surface area contributed by atoms with Gasteiger partial charge in [-0.05, 0) is 24.3 Å². The molecule has 2 nitrogen and oxygen atoms in total. The van der Waals surface area contributed by atoms with Gasteiger partial charge in [-0.25, -0.2) is 0 Å². The molecule has 0 aliphatic rings. The number of hydrogen-bond donors (Lipinski definition) is 0. The molecule has 0 amide bonds. The second-order valence-corrected chi connectivity index (χ2v) is 8.08. The summed E-state index contributed by atoms with van der Waals surface area (Å²) < 4.78 is 36.7.